The maximum atomic E-state index is 12.6. The molecule has 4 rings (SSSR count). The van der Waals surface area contributed by atoms with E-state index in [1.165, 1.54) is 11.3 Å². The highest BCUT2D eigenvalue weighted by molar-refractivity contribution is 7.13. The van der Waals surface area contributed by atoms with Gasteiger partial charge in [0.2, 0.25) is 5.01 Å². The molecule has 2 N–H and O–H groups in total. The summed E-state index contributed by atoms with van der Waals surface area (Å²) in [5.41, 5.74) is 2.99. The minimum absolute atomic E-state index is 0.215. The van der Waals surface area contributed by atoms with Crippen LogP contribution < -0.4 is 20.1 Å². The smallest absolute Gasteiger partial charge is 0.286 e. The van der Waals surface area contributed by atoms with Gasteiger partial charge < -0.3 is 20.1 Å². The molecule has 35 heavy (non-hydrogen) atoms. The molecule has 0 saturated heterocycles. The Morgan fingerprint density at radius 1 is 0.943 bits per heavy atom. The summed E-state index contributed by atoms with van der Waals surface area (Å²) in [5, 5.41) is 14.5. The van der Waals surface area contributed by atoms with E-state index in [9.17, 15) is 9.59 Å². The van der Waals surface area contributed by atoms with Crippen molar-refractivity contribution >= 4 is 28.8 Å². The largest absolute Gasteiger partial charge is 0.497 e. The molecular formula is C26H24N4O4S. The molecule has 0 unspecified atom stereocenters. The number of carbonyl (C=O) groups excluding carboxylic acids is 2. The van der Waals surface area contributed by atoms with Gasteiger partial charge in [0.25, 0.3) is 11.8 Å². The molecule has 8 nitrogen and oxygen atoms in total. The number of hydrogen-bond donors (Lipinski definition) is 2. The van der Waals surface area contributed by atoms with E-state index in [0.29, 0.717) is 22.8 Å². The summed E-state index contributed by atoms with van der Waals surface area (Å²) in [7, 11) is 1.60. The van der Waals surface area contributed by atoms with E-state index in [2.05, 4.69) is 20.8 Å². The van der Waals surface area contributed by atoms with Gasteiger partial charge in [-0.1, -0.05) is 41.7 Å². The summed E-state index contributed by atoms with van der Waals surface area (Å²) in [6, 6.07) is 21.8. The zero-order valence-corrected chi connectivity index (χ0v) is 20.1. The average Bonchev–Trinajstić information content (AvgIpc) is 3.37. The van der Waals surface area contributed by atoms with Gasteiger partial charge in [0.15, 0.2) is 5.01 Å². The topological polar surface area (TPSA) is 102 Å². The van der Waals surface area contributed by atoms with E-state index >= 15 is 0 Å². The molecule has 1 aromatic heterocycles. The SMILES string of the molecule is COc1cccc(CNC(=O)c2ccc(NC(=O)c3nnc(COc4ccccc4C)s3)cc2)c1. The van der Waals surface area contributed by atoms with Crippen molar-refractivity contribution in [3.8, 4) is 11.5 Å². The summed E-state index contributed by atoms with van der Waals surface area (Å²) in [6.45, 7) is 2.57. The van der Waals surface area contributed by atoms with Gasteiger partial charge in [-0.3, -0.25) is 9.59 Å². The first-order valence-electron chi connectivity index (χ1n) is 10.8. The predicted octanol–water partition coefficient (Wildman–Crippen LogP) is 4.62. The zero-order valence-electron chi connectivity index (χ0n) is 19.3. The number of carbonyl (C=O) groups is 2. The fraction of sp³-hybridized carbons (Fsp3) is 0.154. The lowest BCUT2D eigenvalue weighted by Gasteiger charge is -2.08. The van der Waals surface area contributed by atoms with E-state index in [4.69, 9.17) is 9.47 Å². The molecule has 3 aromatic carbocycles. The lowest BCUT2D eigenvalue weighted by molar-refractivity contribution is 0.0950. The average molecular weight is 489 g/mol. The van der Waals surface area contributed by atoms with Crippen LogP contribution in [0, 0.1) is 6.92 Å². The molecule has 0 aliphatic heterocycles. The van der Waals surface area contributed by atoms with Crippen molar-refractivity contribution in [1.29, 1.82) is 0 Å². The monoisotopic (exact) mass is 488 g/mol. The number of nitrogens with one attached hydrogen (secondary N) is 2. The Kier molecular flexibility index (Phi) is 7.69. The third-order valence-corrected chi connectivity index (χ3v) is 5.99. The molecule has 2 amide bonds. The van der Waals surface area contributed by atoms with Gasteiger partial charge in [-0.05, 0) is 60.5 Å². The summed E-state index contributed by atoms with van der Waals surface area (Å²) < 4.78 is 11.0. The molecule has 1 heterocycles. The van der Waals surface area contributed by atoms with Crippen molar-refractivity contribution in [3.63, 3.8) is 0 Å². The number of nitrogens with zero attached hydrogens (tertiary/aromatic N) is 2. The molecule has 4 aromatic rings. The highest BCUT2D eigenvalue weighted by Gasteiger charge is 2.14. The molecule has 0 bridgehead atoms. The third kappa shape index (κ3) is 6.42. The summed E-state index contributed by atoms with van der Waals surface area (Å²) >= 11 is 1.17. The normalized spacial score (nSPS) is 10.5. The number of hydrogen-bond acceptors (Lipinski definition) is 7. The van der Waals surface area contributed by atoms with Gasteiger partial charge in [-0.2, -0.15) is 0 Å². The molecule has 0 atom stereocenters. The van der Waals surface area contributed by atoms with Crippen molar-refractivity contribution in [2.24, 2.45) is 0 Å². The van der Waals surface area contributed by atoms with Crippen LogP contribution >= 0.6 is 11.3 Å². The molecule has 0 saturated carbocycles. The van der Waals surface area contributed by atoms with Crippen LogP contribution in [0.1, 0.15) is 36.3 Å². The van der Waals surface area contributed by atoms with E-state index in [-0.39, 0.29) is 23.4 Å². The molecule has 0 aliphatic carbocycles. The zero-order chi connectivity index (χ0) is 24.6. The van der Waals surface area contributed by atoms with Gasteiger partial charge in [-0.25, -0.2) is 0 Å². The first-order chi connectivity index (χ1) is 17.0. The van der Waals surface area contributed by atoms with Gasteiger partial charge >= 0.3 is 0 Å². The molecular weight excluding hydrogens is 464 g/mol. The van der Waals surface area contributed by atoms with Crippen molar-refractivity contribution in [1.82, 2.24) is 15.5 Å². The molecule has 0 fully saturated rings. The van der Waals surface area contributed by atoms with Crippen molar-refractivity contribution in [2.45, 2.75) is 20.1 Å². The Morgan fingerprint density at radius 2 is 1.74 bits per heavy atom. The van der Waals surface area contributed by atoms with E-state index in [0.717, 1.165) is 22.6 Å². The highest BCUT2D eigenvalue weighted by Crippen LogP contribution is 2.20. The Bertz CT molecular complexity index is 1320. The fourth-order valence-corrected chi connectivity index (χ4v) is 3.87. The number of ether oxygens (including phenoxy) is 2. The molecule has 178 valence electrons. The van der Waals surface area contributed by atoms with Crippen molar-refractivity contribution in [2.75, 3.05) is 12.4 Å². The number of benzene rings is 3. The highest BCUT2D eigenvalue weighted by atomic mass is 32.1. The minimum Gasteiger partial charge on any atom is -0.497 e. The Hall–Kier alpha value is -4.24. The maximum Gasteiger partial charge on any atom is 0.286 e. The molecule has 9 heteroatoms. The Labute approximate surface area is 206 Å². The van der Waals surface area contributed by atoms with Crippen LogP contribution in [-0.4, -0.2) is 29.1 Å². The first kappa shape index (κ1) is 23.9. The summed E-state index contributed by atoms with van der Waals surface area (Å²) in [5.74, 6) is 0.910. The molecule has 0 aliphatic rings. The molecule has 0 radical (unpaired) electrons. The summed E-state index contributed by atoms with van der Waals surface area (Å²) in [4.78, 5) is 25.0. The van der Waals surface area contributed by atoms with Crippen LogP contribution in [0.25, 0.3) is 0 Å². The van der Waals surface area contributed by atoms with Gasteiger partial charge in [0.05, 0.1) is 7.11 Å². The van der Waals surface area contributed by atoms with Crippen LogP contribution in [0.2, 0.25) is 0 Å². The van der Waals surface area contributed by atoms with Crippen LogP contribution in [0.5, 0.6) is 11.5 Å². The van der Waals surface area contributed by atoms with Crippen LogP contribution in [0.3, 0.4) is 0 Å². The second-order valence-corrected chi connectivity index (χ2v) is 8.68. The van der Waals surface area contributed by atoms with Gasteiger partial charge in [-0.15, -0.1) is 10.2 Å². The number of aromatic nitrogens is 2. The van der Waals surface area contributed by atoms with Crippen molar-refractivity contribution in [3.05, 3.63) is 99.5 Å². The van der Waals surface area contributed by atoms with Crippen LogP contribution in [0.4, 0.5) is 5.69 Å². The number of para-hydroxylation sites is 1. The lowest BCUT2D eigenvalue weighted by Crippen LogP contribution is -2.22. The fourth-order valence-electron chi connectivity index (χ4n) is 3.22. The predicted molar refractivity (Wildman–Crippen MR) is 134 cm³/mol. The minimum atomic E-state index is -0.375. The third-order valence-electron chi connectivity index (χ3n) is 5.10. The quantitative estimate of drug-likeness (QED) is 0.357. The molecule has 0 spiro atoms. The van der Waals surface area contributed by atoms with E-state index in [1.54, 1.807) is 31.4 Å². The number of methoxy groups -OCH3 is 1. The number of anilines is 1. The van der Waals surface area contributed by atoms with Gasteiger partial charge in [0.1, 0.15) is 18.1 Å². The van der Waals surface area contributed by atoms with Crippen LogP contribution in [-0.2, 0) is 13.2 Å². The van der Waals surface area contributed by atoms with Crippen LogP contribution in [0.15, 0.2) is 72.8 Å². The lowest BCUT2D eigenvalue weighted by atomic mass is 10.1. The number of aryl methyl sites for hydroxylation is 1. The second-order valence-electron chi connectivity index (χ2n) is 7.62. The maximum absolute atomic E-state index is 12.6. The van der Waals surface area contributed by atoms with E-state index < -0.39 is 0 Å². The first-order valence-corrected chi connectivity index (χ1v) is 11.7. The Morgan fingerprint density at radius 3 is 2.51 bits per heavy atom. The van der Waals surface area contributed by atoms with Crippen molar-refractivity contribution < 1.29 is 19.1 Å². The summed E-state index contributed by atoms with van der Waals surface area (Å²) in [6.07, 6.45) is 0. The Balaban J connectivity index is 1.29. The second kappa shape index (κ2) is 11.3. The number of rotatable bonds is 9. The standard InChI is InChI=1S/C26H24N4O4S/c1-17-6-3-4-9-22(17)34-16-23-29-30-26(35-23)25(32)28-20-12-10-19(11-13-20)24(31)27-15-18-7-5-8-21(14-18)33-2/h3-14H,15-16H2,1-2H3,(H,27,31)(H,28,32). The van der Waals surface area contributed by atoms with E-state index in [1.807, 2.05) is 55.5 Å². The number of amides is 2. The van der Waals surface area contributed by atoms with Gasteiger partial charge in [0, 0.05) is 17.8 Å².